The van der Waals surface area contributed by atoms with E-state index in [2.05, 4.69) is 12.2 Å². The molecule has 0 bridgehead atoms. The number of nitrogens with one attached hydrogen (secondary N) is 1. The van der Waals surface area contributed by atoms with E-state index in [-0.39, 0.29) is 11.8 Å². The van der Waals surface area contributed by atoms with E-state index in [1.165, 1.54) is 32.1 Å². The molecule has 0 aromatic heterocycles. The highest BCUT2D eigenvalue weighted by Gasteiger charge is 2.32. The molecule has 3 nitrogen and oxygen atoms in total. The van der Waals surface area contributed by atoms with Crippen LogP contribution in [0.2, 0.25) is 0 Å². The summed E-state index contributed by atoms with van der Waals surface area (Å²) in [5.74, 6) is 0.312. The number of amides is 1. The fraction of sp³-hybridized carbons (Fsp3) is 0.929. The maximum Gasteiger partial charge on any atom is 0.222 e. The van der Waals surface area contributed by atoms with Gasteiger partial charge in [-0.15, -0.1) is 0 Å². The van der Waals surface area contributed by atoms with Crippen LogP contribution < -0.4 is 11.1 Å². The third-order valence-electron chi connectivity index (χ3n) is 4.34. The first-order valence-electron chi connectivity index (χ1n) is 7.11. The van der Waals surface area contributed by atoms with Gasteiger partial charge in [-0.05, 0) is 44.1 Å². The summed E-state index contributed by atoms with van der Waals surface area (Å²) in [5.41, 5.74) is 5.85. The van der Waals surface area contributed by atoms with Gasteiger partial charge in [0.1, 0.15) is 0 Å². The van der Waals surface area contributed by atoms with Crippen molar-refractivity contribution in [1.29, 1.82) is 0 Å². The minimum absolute atomic E-state index is 0.105. The molecular weight excluding hydrogens is 212 g/mol. The van der Waals surface area contributed by atoms with Crippen molar-refractivity contribution in [2.45, 2.75) is 58.8 Å². The first-order valence-corrected chi connectivity index (χ1v) is 7.11. The van der Waals surface area contributed by atoms with Crippen LogP contribution in [0.25, 0.3) is 0 Å². The molecule has 3 N–H and O–H groups in total. The Balaban J connectivity index is 2.31. The van der Waals surface area contributed by atoms with Crippen molar-refractivity contribution < 1.29 is 4.79 Å². The highest BCUT2D eigenvalue weighted by Crippen LogP contribution is 2.40. The molecule has 1 rings (SSSR count). The molecule has 1 unspecified atom stereocenters. The SMILES string of the molecule is CCC1(CNC(=O)C(C)CCCN)CCCC1. The van der Waals surface area contributed by atoms with E-state index in [9.17, 15) is 4.79 Å². The number of hydrogen-bond donors (Lipinski definition) is 2. The van der Waals surface area contributed by atoms with E-state index in [1.807, 2.05) is 6.92 Å². The van der Waals surface area contributed by atoms with Crippen molar-refractivity contribution in [2.75, 3.05) is 13.1 Å². The number of nitrogens with two attached hydrogens (primary N) is 1. The molecule has 100 valence electrons. The average Bonchev–Trinajstić information content (AvgIpc) is 2.82. The Morgan fingerprint density at radius 2 is 2.06 bits per heavy atom. The van der Waals surface area contributed by atoms with Crippen LogP contribution in [0.3, 0.4) is 0 Å². The van der Waals surface area contributed by atoms with E-state index in [0.717, 1.165) is 19.4 Å². The molecule has 0 heterocycles. The summed E-state index contributed by atoms with van der Waals surface area (Å²) in [6, 6.07) is 0. The molecule has 1 atom stereocenters. The Labute approximate surface area is 106 Å². The minimum atomic E-state index is 0.105. The van der Waals surface area contributed by atoms with Crippen LogP contribution in [0, 0.1) is 11.3 Å². The van der Waals surface area contributed by atoms with Crippen molar-refractivity contribution in [1.82, 2.24) is 5.32 Å². The Bertz CT molecular complexity index is 234. The zero-order valence-electron chi connectivity index (χ0n) is 11.4. The predicted octanol–water partition coefficient (Wildman–Crippen LogP) is 2.45. The zero-order chi connectivity index (χ0) is 12.7. The van der Waals surface area contributed by atoms with E-state index in [1.54, 1.807) is 0 Å². The monoisotopic (exact) mass is 240 g/mol. The lowest BCUT2D eigenvalue weighted by Gasteiger charge is -2.28. The summed E-state index contributed by atoms with van der Waals surface area (Å²) in [4.78, 5) is 11.9. The van der Waals surface area contributed by atoms with Gasteiger partial charge in [-0.25, -0.2) is 0 Å². The third-order valence-corrected chi connectivity index (χ3v) is 4.34. The summed E-state index contributed by atoms with van der Waals surface area (Å²) in [7, 11) is 0. The Morgan fingerprint density at radius 3 is 2.59 bits per heavy atom. The van der Waals surface area contributed by atoms with Crippen molar-refractivity contribution >= 4 is 5.91 Å². The lowest BCUT2D eigenvalue weighted by Crippen LogP contribution is -2.38. The molecule has 0 aliphatic heterocycles. The van der Waals surface area contributed by atoms with E-state index >= 15 is 0 Å². The third kappa shape index (κ3) is 4.30. The standard InChI is InChI=1S/C14H28N2O/c1-3-14(8-4-5-9-14)11-16-13(17)12(2)7-6-10-15/h12H,3-11,15H2,1-2H3,(H,16,17). The summed E-state index contributed by atoms with van der Waals surface area (Å²) in [5, 5.41) is 3.15. The minimum Gasteiger partial charge on any atom is -0.355 e. The molecule has 1 amide bonds. The average molecular weight is 240 g/mol. The van der Waals surface area contributed by atoms with Crippen LogP contribution in [0.15, 0.2) is 0 Å². The molecule has 0 radical (unpaired) electrons. The molecule has 0 spiro atoms. The molecule has 3 heteroatoms. The highest BCUT2D eigenvalue weighted by molar-refractivity contribution is 5.78. The van der Waals surface area contributed by atoms with Crippen LogP contribution in [0.5, 0.6) is 0 Å². The van der Waals surface area contributed by atoms with Gasteiger partial charge in [0, 0.05) is 12.5 Å². The lowest BCUT2D eigenvalue weighted by atomic mass is 9.83. The van der Waals surface area contributed by atoms with Gasteiger partial charge in [0.25, 0.3) is 0 Å². The second kappa shape index (κ2) is 7.00. The topological polar surface area (TPSA) is 55.1 Å². The Morgan fingerprint density at radius 1 is 1.41 bits per heavy atom. The quantitative estimate of drug-likeness (QED) is 0.718. The fourth-order valence-corrected chi connectivity index (χ4v) is 2.78. The number of carbonyl (C=O) groups is 1. The van der Waals surface area contributed by atoms with Gasteiger partial charge in [0.15, 0.2) is 0 Å². The summed E-state index contributed by atoms with van der Waals surface area (Å²) in [6.07, 6.45) is 8.24. The van der Waals surface area contributed by atoms with Crippen LogP contribution in [0.1, 0.15) is 58.8 Å². The largest absolute Gasteiger partial charge is 0.355 e. The van der Waals surface area contributed by atoms with E-state index < -0.39 is 0 Å². The van der Waals surface area contributed by atoms with E-state index in [4.69, 9.17) is 5.73 Å². The first kappa shape index (κ1) is 14.5. The Hall–Kier alpha value is -0.570. The fourth-order valence-electron chi connectivity index (χ4n) is 2.78. The number of rotatable bonds is 7. The van der Waals surface area contributed by atoms with Gasteiger partial charge in [-0.3, -0.25) is 4.79 Å². The van der Waals surface area contributed by atoms with Crippen LogP contribution in [0.4, 0.5) is 0 Å². The van der Waals surface area contributed by atoms with Crippen molar-refractivity contribution in [2.24, 2.45) is 17.1 Å². The number of carbonyl (C=O) groups excluding carboxylic acids is 1. The molecule has 0 aromatic carbocycles. The molecule has 17 heavy (non-hydrogen) atoms. The summed E-state index contributed by atoms with van der Waals surface area (Å²) < 4.78 is 0. The normalized spacial score (nSPS) is 20.2. The van der Waals surface area contributed by atoms with Gasteiger partial charge < -0.3 is 11.1 Å². The zero-order valence-corrected chi connectivity index (χ0v) is 11.4. The predicted molar refractivity (Wildman–Crippen MR) is 71.7 cm³/mol. The summed E-state index contributed by atoms with van der Waals surface area (Å²) in [6.45, 7) is 5.79. The maximum atomic E-state index is 11.9. The van der Waals surface area contributed by atoms with Gasteiger partial charge >= 0.3 is 0 Å². The smallest absolute Gasteiger partial charge is 0.222 e. The highest BCUT2D eigenvalue weighted by atomic mass is 16.1. The Kier molecular flexibility index (Phi) is 5.96. The summed E-state index contributed by atoms with van der Waals surface area (Å²) >= 11 is 0. The van der Waals surface area contributed by atoms with Gasteiger partial charge in [0.05, 0.1) is 0 Å². The van der Waals surface area contributed by atoms with Crippen molar-refractivity contribution in [3.63, 3.8) is 0 Å². The van der Waals surface area contributed by atoms with Gasteiger partial charge in [-0.1, -0.05) is 26.7 Å². The van der Waals surface area contributed by atoms with Crippen molar-refractivity contribution in [3.05, 3.63) is 0 Å². The second-order valence-corrected chi connectivity index (χ2v) is 5.61. The second-order valence-electron chi connectivity index (χ2n) is 5.61. The lowest BCUT2D eigenvalue weighted by molar-refractivity contribution is -0.125. The van der Waals surface area contributed by atoms with Crippen LogP contribution >= 0.6 is 0 Å². The maximum absolute atomic E-state index is 11.9. The molecule has 0 saturated heterocycles. The molecular formula is C14H28N2O. The van der Waals surface area contributed by atoms with Gasteiger partial charge in [-0.2, -0.15) is 0 Å². The van der Waals surface area contributed by atoms with Gasteiger partial charge in [0.2, 0.25) is 5.91 Å². The van der Waals surface area contributed by atoms with Crippen LogP contribution in [-0.2, 0) is 4.79 Å². The molecule has 1 aliphatic rings. The molecule has 1 aliphatic carbocycles. The van der Waals surface area contributed by atoms with Crippen LogP contribution in [-0.4, -0.2) is 19.0 Å². The van der Waals surface area contributed by atoms with E-state index in [0.29, 0.717) is 12.0 Å². The van der Waals surface area contributed by atoms with Crippen molar-refractivity contribution in [3.8, 4) is 0 Å². The molecule has 1 saturated carbocycles. The first-order chi connectivity index (χ1) is 8.13. The molecule has 1 fully saturated rings. The number of hydrogen-bond acceptors (Lipinski definition) is 2. The molecule has 0 aromatic rings.